The van der Waals surface area contributed by atoms with Crippen LogP contribution in [0, 0.1) is 11.8 Å². The molecule has 0 radical (unpaired) electrons. The molecule has 1 aromatic rings. The van der Waals surface area contributed by atoms with Crippen LogP contribution < -0.4 is 4.74 Å². The number of hydrogen-bond acceptors (Lipinski definition) is 4. The first kappa shape index (κ1) is 14.9. The summed E-state index contributed by atoms with van der Waals surface area (Å²) in [5.74, 6) is 1.16. The first-order valence-corrected chi connectivity index (χ1v) is 7.16. The summed E-state index contributed by atoms with van der Waals surface area (Å²) >= 11 is 0. The lowest BCUT2D eigenvalue weighted by molar-refractivity contribution is -0.146. The van der Waals surface area contributed by atoms with E-state index in [9.17, 15) is 4.79 Å². The van der Waals surface area contributed by atoms with Crippen LogP contribution in [-0.2, 0) is 16.1 Å². The highest BCUT2D eigenvalue weighted by atomic mass is 16.5. The quantitative estimate of drug-likeness (QED) is 0.774. The van der Waals surface area contributed by atoms with Gasteiger partial charge in [0.15, 0.2) is 0 Å². The third-order valence-electron chi connectivity index (χ3n) is 3.83. The summed E-state index contributed by atoms with van der Waals surface area (Å²) in [6, 6.07) is 8.16. The van der Waals surface area contributed by atoms with Crippen molar-refractivity contribution in [1.82, 2.24) is 4.90 Å². The monoisotopic (exact) mass is 277 g/mol. The Bertz CT molecular complexity index is 444. The highest BCUT2D eigenvalue weighted by molar-refractivity contribution is 5.73. The zero-order valence-electron chi connectivity index (χ0n) is 12.5. The number of nitrogens with zero attached hydrogens (tertiary/aromatic N) is 1. The number of rotatable bonds is 5. The van der Waals surface area contributed by atoms with Crippen LogP contribution in [0.25, 0.3) is 0 Å². The van der Waals surface area contributed by atoms with E-state index in [4.69, 9.17) is 9.47 Å². The van der Waals surface area contributed by atoms with Gasteiger partial charge in [0.1, 0.15) is 5.75 Å². The van der Waals surface area contributed by atoms with E-state index in [-0.39, 0.29) is 11.9 Å². The standard InChI is InChI=1S/C16H23NO3/c1-4-20-14-7-5-13(6-8-14)10-17-9-12(2)15(11-17)16(18)19-3/h5-8,12,15H,4,9-11H2,1-3H3. The SMILES string of the molecule is CCOc1ccc(CN2CC(C)C(C(=O)OC)C2)cc1. The molecule has 2 atom stereocenters. The molecule has 1 heterocycles. The Balaban J connectivity index is 1.92. The molecule has 1 fully saturated rings. The maximum absolute atomic E-state index is 11.7. The molecule has 2 unspecified atom stereocenters. The second kappa shape index (κ2) is 6.75. The smallest absolute Gasteiger partial charge is 0.310 e. The van der Waals surface area contributed by atoms with E-state index in [2.05, 4.69) is 24.0 Å². The topological polar surface area (TPSA) is 38.8 Å². The fourth-order valence-electron chi connectivity index (χ4n) is 2.77. The average Bonchev–Trinajstić information content (AvgIpc) is 2.81. The molecule has 2 rings (SSSR count). The molecule has 1 aromatic carbocycles. The number of methoxy groups -OCH3 is 1. The van der Waals surface area contributed by atoms with Crippen molar-refractivity contribution in [2.45, 2.75) is 20.4 Å². The van der Waals surface area contributed by atoms with E-state index in [0.29, 0.717) is 12.5 Å². The third kappa shape index (κ3) is 3.51. The number of carbonyl (C=O) groups excluding carboxylic acids is 1. The second-order valence-corrected chi connectivity index (χ2v) is 5.38. The molecular weight excluding hydrogens is 254 g/mol. The molecule has 0 saturated carbocycles. The summed E-state index contributed by atoms with van der Waals surface area (Å²) in [5.41, 5.74) is 1.24. The Kier molecular flexibility index (Phi) is 5.01. The third-order valence-corrected chi connectivity index (χ3v) is 3.83. The van der Waals surface area contributed by atoms with Gasteiger partial charge >= 0.3 is 5.97 Å². The van der Waals surface area contributed by atoms with E-state index in [1.807, 2.05) is 19.1 Å². The fraction of sp³-hybridized carbons (Fsp3) is 0.562. The molecule has 0 bridgehead atoms. The van der Waals surface area contributed by atoms with Crippen molar-refractivity contribution < 1.29 is 14.3 Å². The molecule has 0 aromatic heterocycles. The lowest BCUT2D eigenvalue weighted by atomic mass is 9.99. The largest absolute Gasteiger partial charge is 0.494 e. The maximum atomic E-state index is 11.7. The van der Waals surface area contributed by atoms with Crippen LogP contribution in [0.4, 0.5) is 0 Å². The van der Waals surface area contributed by atoms with Gasteiger partial charge in [0, 0.05) is 19.6 Å². The molecule has 1 aliphatic rings. The van der Waals surface area contributed by atoms with E-state index in [1.165, 1.54) is 12.7 Å². The van der Waals surface area contributed by atoms with Crippen LogP contribution in [0.5, 0.6) is 5.75 Å². The van der Waals surface area contributed by atoms with Crippen LogP contribution in [0.2, 0.25) is 0 Å². The summed E-state index contributed by atoms with van der Waals surface area (Å²) < 4.78 is 10.3. The van der Waals surface area contributed by atoms with Crippen molar-refractivity contribution in [2.24, 2.45) is 11.8 Å². The van der Waals surface area contributed by atoms with Gasteiger partial charge < -0.3 is 9.47 Å². The first-order chi connectivity index (χ1) is 9.63. The summed E-state index contributed by atoms with van der Waals surface area (Å²) in [5, 5.41) is 0. The summed E-state index contributed by atoms with van der Waals surface area (Å²) in [6.07, 6.45) is 0. The predicted molar refractivity (Wildman–Crippen MR) is 77.6 cm³/mol. The Labute approximate surface area is 120 Å². The van der Waals surface area contributed by atoms with Crippen molar-refractivity contribution in [3.63, 3.8) is 0 Å². The van der Waals surface area contributed by atoms with Gasteiger partial charge in [0.2, 0.25) is 0 Å². The van der Waals surface area contributed by atoms with E-state index < -0.39 is 0 Å². The molecule has 1 aliphatic heterocycles. The molecule has 0 N–H and O–H groups in total. The van der Waals surface area contributed by atoms with Gasteiger partial charge in [-0.05, 0) is 30.5 Å². The van der Waals surface area contributed by atoms with Crippen LogP contribution in [0.15, 0.2) is 24.3 Å². The Morgan fingerprint density at radius 2 is 2.00 bits per heavy atom. The zero-order chi connectivity index (χ0) is 14.5. The van der Waals surface area contributed by atoms with Crippen molar-refractivity contribution in [3.05, 3.63) is 29.8 Å². The van der Waals surface area contributed by atoms with Crippen molar-refractivity contribution in [1.29, 1.82) is 0 Å². The minimum absolute atomic E-state index is 0.00250. The summed E-state index contributed by atoms with van der Waals surface area (Å²) in [4.78, 5) is 14.0. The van der Waals surface area contributed by atoms with Crippen LogP contribution in [-0.4, -0.2) is 37.7 Å². The second-order valence-electron chi connectivity index (χ2n) is 5.38. The lowest BCUT2D eigenvalue weighted by Crippen LogP contribution is -2.24. The maximum Gasteiger partial charge on any atom is 0.310 e. The van der Waals surface area contributed by atoms with Gasteiger partial charge in [-0.25, -0.2) is 0 Å². The number of hydrogen-bond donors (Lipinski definition) is 0. The summed E-state index contributed by atoms with van der Waals surface area (Å²) in [6.45, 7) is 7.36. The minimum Gasteiger partial charge on any atom is -0.494 e. The molecule has 0 amide bonds. The molecule has 0 spiro atoms. The molecule has 0 aliphatic carbocycles. The summed E-state index contributed by atoms with van der Waals surface area (Å²) in [7, 11) is 1.46. The van der Waals surface area contributed by atoms with Crippen LogP contribution in [0.3, 0.4) is 0 Å². The predicted octanol–water partition coefficient (Wildman–Crippen LogP) is 2.33. The fourth-order valence-corrected chi connectivity index (χ4v) is 2.77. The van der Waals surface area contributed by atoms with Crippen molar-refractivity contribution >= 4 is 5.97 Å². The number of benzene rings is 1. The first-order valence-electron chi connectivity index (χ1n) is 7.16. The molecular formula is C16H23NO3. The Morgan fingerprint density at radius 3 is 2.60 bits per heavy atom. The molecule has 110 valence electrons. The Hall–Kier alpha value is -1.55. The van der Waals surface area contributed by atoms with Gasteiger partial charge in [0.05, 0.1) is 19.6 Å². The van der Waals surface area contributed by atoms with E-state index in [0.717, 1.165) is 25.4 Å². The number of esters is 1. The zero-order valence-corrected chi connectivity index (χ0v) is 12.5. The Morgan fingerprint density at radius 1 is 1.30 bits per heavy atom. The highest BCUT2D eigenvalue weighted by Gasteiger charge is 2.35. The molecule has 20 heavy (non-hydrogen) atoms. The van der Waals surface area contributed by atoms with E-state index >= 15 is 0 Å². The molecule has 4 nitrogen and oxygen atoms in total. The van der Waals surface area contributed by atoms with Gasteiger partial charge in [-0.2, -0.15) is 0 Å². The molecule has 4 heteroatoms. The van der Waals surface area contributed by atoms with Gasteiger partial charge in [0.25, 0.3) is 0 Å². The van der Waals surface area contributed by atoms with Gasteiger partial charge in [-0.3, -0.25) is 9.69 Å². The lowest BCUT2D eigenvalue weighted by Gasteiger charge is -2.15. The number of likely N-dealkylation sites (tertiary alicyclic amines) is 1. The average molecular weight is 277 g/mol. The van der Waals surface area contributed by atoms with Crippen molar-refractivity contribution in [2.75, 3.05) is 26.8 Å². The number of carbonyl (C=O) groups is 1. The highest BCUT2D eigenvalue weighted by Crippen LogP contribution is 2.25. The number of ether oxygens (including phenoxy) is 2. The normalized spacial score (nSPS) is 22.8. The van der Waals surface area contributed by atoms with E-state index in [1.54, 1.807) is 0 Å². The van der Waals surface area contributed by atoms with Crippen molar-refractivity contribution in [3.8, 4) is 5.75 Å². The van der Waals surface area contributed by atoms with Crippen LogP contribution >= 0.6 is 0 Å². The van der Waals surface area contributed by atoms with Gasteiger partial charge in [-0.15, -0.1) is 0 Å². The van der Waals surface area contributed by atoms with Gasteiger partial charge in [-0.1, -0.05) is 19.1 Å². The van der Waals surface area contributed by atoms with Crippen LogP contribution in [0.1, 0.15) is 19.4 Å². The molecule has 1 saturated heterocycles. The minimum atomic E-state index is -0.0910.